The first kappa shape index (κ1) is 13.5. The van der Waals surface area contributed by atoms with Crippen LogP contribution in [-0.4, -0.2) is 40.5 Å². The predicted molar refractivity (Wildman–Crippen MR) is 81.0 cm³/mol. The zero-order valence-corrected chi connectivity index (χ0v) is 12.9. The Labute approximate surface area is 123 Å². The van der Waals surface area contributed by atoms with Crippen molar-refractivity contribution < 1.29 is 0 Å². The van der Waals surface area contributed by atoms with Crippen molar-refractivity contribution in [3.63, 3.8) is 0 Å². The zero-order valence-electron chi connectivity index (χ0n) is 12.1. The number of likely N-dealkylation sites (N-methyl/N-ethyl adjacent to an activating group) is 1. The lowest BCUT2D eigenvalue weighted by Gasteiger charge is -2.28. The second-order valence-corrected chi connectivity index (χ2v) is 6.39. The molecular formula is C14H19N5S. The van der Waals surface area contributed by atoms with Gasteiger partial charge in [-0.2, -0.15) is 0 Å². The minimum atomic E-state index is 0.789. The molecule has 1 aliphatic heterocycles. The van der Waals surface area contributed by atoms with Crippen LogP contribution in [0.25, 0.3) is 0 Å². The summed E-state index contributed by atoms with van der Waals surface area (Å²) in [6, 6.07) is 0. The Balaban J connectivity index is 1.86. The Morgan fingerprint density at radius 1 is 1.40 bits per heavy atom. The van der Waals surface area contributed by atoms with E-state index < -0.39 is 0 Å². The van der Waals surface area contributed by atoms with Crippen LogP contribution in [0, 0.1) is 6.92 Å². The van der Waals surface area contributed by atoms with Gasteiger partial charge in [0.1, 0.15) is 12.1 Å². The third-order valence-electron chi connectivity index (χ3n) is 3.60. The van der Waals surface area contributed by atoms with Gasteiger partial charge >= 0.3 is 0 Å². The van der Waals surface area contributed by atoms with E-state index in [1.54, 1.807) is 17.7 Å². The third-order valence-corrected chi connectivity index (χ3v) is 4.42. The van der Waals surface area contributed by atoms with E-state index in [2.05, 4.69) is 44.2 Å². The Kier molecular flexibility index (Phi) is 3.67. The van der Waals surface area contributed by atoms with E-state index in [0.717, 1.165) is 42.6 Å². The molecule has 0 spiro atoms. The van der Waals surface area contributed by atoms with Crippen LogP contribution in [-0.2, 0) is 19.5 Å². The molecule has 0 saturated heterocycles. The minimum absolute atomic E-state index is 0.789. The van der Waals surface area contributed by atoms with Gasteiger partial charge in [0, 0.05) is 37.5 Å². The van der Waals surface area contributed by atoms with Crippen molar-refractivity contribution in [2.75, 3.05) is 25.5 Å². The number of hydrogen-bond donors (Lipinski definition) is 0. The van der Waals surface area contributed by atoms with Crippen molar-refractivity contribution >= 4 is 17.2 Å². The molecule has 0 radical (unpaired) electrons. The van der Waals surface area contributed by atoms with Gasteiger partial charge in [-0.15, -0.1) is 11.3 Å². The fourth-order valence-corrected chi connectivity index (χ4v) is 3.19. The summed E-state index contributed by atoms with van der Waals surface area (Å²) in [6.45, 7) is 4.82. The minimum Gasteiger partial charge on any atom is -0.353 e. The van der Waals surface area contributed by atoms with Gasteiger partial charge in [-0.1, -0.05) is 0 Å². The van der Waals surface area contributed by atoms with E-state index in [0.29, 0.717) is 0 Å². The van der Waals surface area contributed by atoms with Crippen LogP contribution in [0.1, 0.15) is 22.0 Å². The molecule has 0 saturated carbocycles. The maximum absolute atomic E-state index is 4.53. The van der Waals surface area contributed by atoms with Crippen molar-refractivity contribution in [1.82, 2.24) is 19.9 Å². The van der Waals surface area contributed by atoms with Crippen molar-refractivity contribution in [1.29, 1.82) is 0 Å². The first-order valence-electron chi connectivity index (χ1n) is 6.77. The van der Waals surface area contributed by atoms with E-state index in [1.807, 2.05) is 6.92 Å². The molecule has 0 amide bonds. The van der Waals surface area contributed by atoms with E-state index in [4.69, 9.17) is 0 Å². The van der Waals surface area contributed by atoms with E-state index in [1.165, 1.54) is 11.3 Å². The van der Waals surface area contributed by atoms with Gasteiger partial charge in [-0.25, -0.2) is 15.0 Å². The standard InChI is InChI=1S/C14H19N5S/c1-10-17-11(8-20-10)6-19(3)14-12-7-18(2)5-4-13(12)15-9-16-14/h8-9H,4-7H2,1-3H3. The maximum atomic E-state index is 4.53. The van der Waals surface area contributed by atoms with Crippen LogP contribution >= 0.6 is 11.3 Å². The molecular weight excluding hydrogens is 270 g/mol. The summed E-state index contributed by atoms with van der Waals surface area (Å²) >= 11 is 1.69. The summed E-state index contributed by atoms with van der Waals surface area (Å²) in [4.78, 5) is 17.9. The van der Waals surface area contributed by atoms with Gasteiger partial charge in [0.05, 0.1) is 22.9 Å². The smallest absolute Gasteiger partial charge is 0.136 e. The Morgan fingerprint density at radius 3 is 3.00 bits per heavy atom. The maximum Gasteiger partial charge on any atom is 0.136 e. The molecule has 5 nitrogen and oxygen atoms in total. The van der Waals surface area contributed by atoms with E-state index in [9.17, 15) is 0 Å². The number of hydrogen-bond acceptors (Lipinski definition) is 6. The summed E-state index contributed by atoms with van der Waals surface area (Å²) in [7, 11) is 4.22. The molecule has 2 aromatic rings. The number of aryl methyl sites for hydroxylation is 1. The highest BCUT2D eigenvalue weighted by Crippen LogP contribution is 2.25. The summed E-state index contributed by atoms with van der Waals surface area (Å²) in [5.74, 6) is 1.03. The van der Waals surface area contributed by atoms with Gasteiger partial charge in [-0.05, 0) is 14.0 Å². The third kappa shape index (κ3) is 2.66. The number of rotatable bonds is 3. The molecule has 3 heterocycles. The predicted octanol–water partition coefficient (Wildman–Crippen LogP) is 1.87. The summed E-state index contributed by atoms with van der Waals surface area (Å²) < 4.78 is 0. The van der Waals surface area contributed by atoms with Crippen LogP contribution in [0.5, 0.6) is 0 Å². The van der Waals surface area contributed by atoms with Gasteiger partial charge in [0.15, 0.2) is 0 Å². The first-order chi connectivity index (χ1) is 9.63. The molecule has 0 bridgehead atoms. The highest BCUT2D eigenvalue weighted by Gasteiger charge is 2.20. The van der Waals surface area contributed by atoms with Gasteiger partial charge in [0.25, 0.3) is 0 Å². The lowest BCUT2D eigenvalue weighted by molar-refractivity contribution is 0.309. The molecule has 0 aliphatic carbocycles. The van der Waals surface area contributed by atoms with E-state index >= 15 is 0 Å². The Bertz CT molecular complexity index is 609. The average molecular weight is 289 g/mol. The van der Waals surface area contributed by atoms with Gasteiger partial charge in [0.2, 0.25) is 0 Å². The molecule has 3 rings (SSSR count). The molecule has 20 heavy (non-hydrogen) atoms. The SMILES string of the molecule is Cc1nc(CN(C)c2ncnc3c2CN(C)CC3)cs1. The van der Waals surface area contributed by atoms with Crippen molar-refractivity contribution in [2.45, 2.75) is 26.4 Å². The Morgan fingerprint density at radius 2 is 2.25 bits per heavy atom. The molecule has 6 heteroatoms. The topological polar surface area (TPSA) is 45.2 Å². The normalized spacial score (nSPS) is 15.2. The van der Waals surface area contributed by atoms with Crippen LogP contribution in [0.2, 0.25) is 0 Å². The lowest BCUT2D eigenvalue weighted by Crippen LogP contribution is -2.30. The molecule has 1 aliphatic rings. The number of thiazole rings is 1. The van der Waals surface area contributed by atoms with Crippen LogP contribution < -0.4 is 4.90 Å². The Hall–Kier alpha value is -1.53. The molecule has 0 fully saturated rings. The number of aromatic nitrogens is 3. The average Bonchev–Trinajstić information content (AvgIpc) is 2.83. The summed E-state index contributed by atoms with van der Waals surface area (Å²) in [5.41, 5.74) is 3.55. The number of nitrogens with zero attached hydrogens (tertiary/aromatic N) is 5. The summed E-state index contributed by atoms with van der Waals surface area (Å²) in [6.07, 6.45) is 2.69. The van der Waals surface area contributed by atoms with Gasteiger partial charge in [-0.3, -0.25) is 0 Å². The van der Waals surface area contributed by atoms with Gasteiger partial charge < -0.3 is 9.80 Å². The van der Waals surface area contributed by atoms with Crippen molar-refractivity contribution in [2.24, 2.45) is 0 Å². The monoisotopic (exact) mass is 289 g/mol. The molecule has 106 valence electrons. The van der Waals surface area contributed by atoms with Crippen molar-refractivity contribution in [3.8, 4) is 0 Å². The molecule has 0 aromatic carbocycles. The van der Waals surface area contributed by atoms with Crippen LogP contribution in [0.15, 0.2) is 11.7 Å². The molecule has 0 atom stereocenters. The lowest BCUT2D eigenvalue weighted by atomic mass is 10.1. The fourth-order valence-electron chi connectivity index (χ4n) is 2.59. The molecule has 0 unspecified atom stereocenters. The second kappa shape index (κ2) is 5.46. The van der Waals surface area contributed by atoms with Crippen molar-refractivity contribution in [3.05, 3.63) is 33.7 Å². The largest absolute Gasteiger partial charge is 0.353 e. The quantitative estimate of drug-likeness (QED) is 0.863. The highest BCUT2D eigenvalue weighted by atomic mass is 32.1. The fraction of sp³-hybridized carbons (Fsp3) is 0.500. The number of anilines is 1. The zero-order chi connectivity index (χ0) is 14.1. The second-order valence-electron chi connectivity index (χ2n) is 5.32. The molecule has 0 N–H and O–H groups in total. The summed E-state index contributed by atoms with van der Waals surface area (Å²) in [5, 5.41) is 3.23. The van der Waals surface area contributed by atoms with E-state index in [-0.39, 0.29) is 0 Å². The number of fused-ring (bicyclic) bond motifs is 1. The van der Waals surface area contributed by atoms with Crippen LogP contribution in [0.3, 0.4) is 0 Å². The van der Waals surface area contributed by atoms with Crippen LogP contribution in [0.4, 0.5) is 5.82 Å². The highest BCUT2D eigenvalue weighted by molar-refractivity contribution is 7.09. The molecule has 2 aromatic heterocycles. The first-order valence-corrected chi connectivity index (χ1v) is 7.65.